The van der Waals surface area contributed by atoms with Crippen LogP contribution in [-0.4, -0.2) is 28.5 Å². The van der Waals surface area contributed by atoms with Crippen LogP contribution >= 0.6 is 23.1 Å². The van der Waals surface area contributed by atoms with Crippen molar-refractivity contribution in [3.63, 3.8) is 0 Å². The molecule has 1 saturated heterocycles. The number of carbonyl (C=O) groups is 3. The van der Waals surface area contributed by atoms with Gasteiger partial charge in [-0.15, -0.1) is 11.3 Å². The standard InChI is InChI=1S/C23H18N2O4S2/c26-21(24-18-10-4-5-11-19(18)29-16-7-2-1-3-8-16)12-13-25-22(27)20(31-23(25)28)15-17-9-6-14-30-17/h1-11,14-15H,12-13H2,(H,24,26)/b20-15-. The van der Waals surface area contributed by atoms with Gasteiger partial charge in [-0.1, -0.05) is 36.4 Å². The number of benzene rings is 2. The SMILES string of the molecule is O=C(CCN1C(=O)S/C(=C\c2cccs2)C1=O)Nc1ccccc1Oc1ccccc1. The molecule has 6 nitrogen and oxygen atoms in total. The summed E-state index contributed by atoms with van der Waals surface area (Å²) in [4.78, 5) is 39.6. The first-order valence-electron chi connectivity index (χ1n) is 9.51. The third kappa shape index (κ3) is 5.22. The zero-order chi connectivity index (χ0) is 21.6. The lowest BCUT2D eigenvalue weighted by atomic mass is 10.2. The summed E-state index contributed by atoms with van der Waals surface area (Å²) < 4.78 is 5.84. The lowest BCUT2D eigenvalue weighted by molar-refractivity contribution is -0.123. The van der Waals surface area contributed by atoms with E-state index >= 15 is 0 Å². The van der Waals surface area contributed by atoms with E-state index in [1.165, 1.54) is 11.3 Å². The molecule has 8 heteroatoms. The Morgan fingerprint density at radius 3 is 2.55 bits per heavy atom. The van der Waals surface area contributed by atoms with E-state index in [1.807, 2.05) is 53.9 Å². The summed E-state index contributed by atoms with van der Waals surface area (Å²) in [5, 5.41) is 4.33. The number of nitrogens with one attached hydrogen (secondary N) is 1. The molecule has 156 valence electrons. The van der Waals surface area contributed by atoms with Crippen LogP contribution in [0.3, 0.4) is 0 Å². The Morgan fingerprint density at radius 2 is 1.77 bits per heavy atom. The maximum atomic E-state index is 12.5. The van der Waals surface area contributed by atoms with Gasteiger partial charge >= 0.3 is 0 Å². The van der Waals surface area contributed by atoms with Crippen LogP contribution in [0.15, 0.2) is 77.0 Å². The maximum Gasteiger partial charge on any atom is 0.293 e. The summed E-state index contributed by atoms with van der Waals surface area (Å²) in [7, 11) is 0. The Kier molecular flexibility index (Phi) is 6.49. The molecule has 3 aromatic rings. The molecule has 1 aliphatic rings. The Balaban J connectivity index is 1.37. The van der Waals surface area contributed by atoms with Gasteiger partial charge in [0.25, 0.3) is 11.1 Å². The number of rotatable bonds is 7. The van der Waals surface area contributed by atoms with Gasteiger partial charge in [-0.3, -0.25) is 19.3 Å². The van der Waals surface area contributed by atoms with Crippen LogP contribution in [-0.2, 0) is 9.59 Å². The highest BCUT2D eigenvalue weighted by molar-refractivity contribution is 8.18. The summed E-state index contributed by atoms with van der Waals surface area (Å²) in [6.45, 7) is 0.0139. The zero-order valence-electron chi connectivity index (χ0n) is 16.3. The molecule has 0 unspecified atom stereocenters. The van der Waals surface area contributed by atoms with Crippen molar-refractivity contribution in [3.8, 4) is 11.5 Å². The van der Waals surface area contributed by atoms with Gasteiger partial charge in [-0.25, -0.2) is 0 Å². The van der Waals surface area contributed by atoms with Gasteiger partial charge in [-0.05, 0) is 53.5 Å². The Morgan fingerprint density at radius 1 is 1.00 bits per heavy atom. The van der Waals surface area contributed by atoms with Gasteiger partial charge < -0.3 is 10.1 Å². The van der Waals surface area contributed by atoms with Crippen molar-refractivity contribution in [3.05, 3.63) is 81.9 Å². The maximum absolute atomic E-state index is 12.5. The number of nitrogens with zero attached hydrogens (tertiary/aromatic N) is 1. The van der Waals surface area contributed by atoms with E-state index in [-0.39, 0.29) is 30.0 Å². The van der Waals surface area contributed by atoms with Crippen LogP contribution in [0.2, 0.25) is 0 Å². The van der Waals surface area contributed by atoms with E-state index in [2.05, 4.69) is 5.32 Å². The Bertz CT molecular complexity index is 1130. The normalized spacial score (nSPS) is 14.8. The lowest BCUT2D eigenvalue weighted by Gasteiger charge is -2.14. The summed E-state index contributed by atoms with van der Waals surface area (Å²) >= 11 is 2.38. The van der Waals surface area contributed by atoms with Gasteiger partial charge in [0.15, 0.2) is 5.75 Å². The summed E-state index contributed by atoms with van der Waals surface area (Å²) in [6, 6.07) is 20.1. The molecule has 2 heterocycles. The highest BCUT2D eigenvalue weighted by Crippen LogP contribution is 2.33. The van der Waals surface area contributed by atoms with E-state index in [0.717, 1.165) is 21.5 Å². The number of carbonyl (C=O) groups excluding carboxylic acids is 3. The van der Waals surface area contributed by atoms with Crippen LogP contribution in [0.5, 0.6) is 11.5 Å². The molecule has 1 N–H and O–H groups in total. The third-order valence-corrected chi connectivity index (χ3v) is 6.11. The van der Waals surface area contributed by atoms with Gasteiger partial charge in [0.2, 0.25) is 5.91 Å². The van der Waals surface area contributed by atoms with Gasteiger partial charge in [0, 0.05) is 17.8 Å². The number of para-hydroxylation sites is 3. The highest BCUT2D eigenvalue weighted by Gasteiger charge is 2.35. The highest BCUT2D eigenvalue weighted by atomic mass is 32.2. The number of hydrogen-bond acceptors (Lipinski definition) is 6. The Labute approximate surface area is 187 Å². The van der Waals surface area contributed by atoms with E-state index in [9.17, 15) is 14.4 Å². The molecule has 0 saturated carbocycles. The molecule has 0 spiro atoms. The lowest BCUT2D eigenvalue weighted by Crippen LogP contribution is -2.31. The average molecular weight is 451 g/mol. The molecule has 1 aromatic heterocycles. The first-order valence-corrected chi connectivity index (χ1v) is 11.2. The van der Waals surface area contributed by atoms with E-state index < -0.39 is 0 Å². The van der Waals surface area contributed by atoms with Gasteiger partial charge in [0.05, 0.1) is 10.6 Å². The van der Waals surface area contributed by atoms with Crippen molar-refractivity contribution in [1.29, 1.82) is 0 Å². The fourth-order valence-corrected chi connectivity index (χ4v) is 4.48. The number of imide groups is 1. The number of thioether (sulfide) groups is 1. The largest absolute Gasteiger partial charge is 0.455 e. The summed E-state index contributed by atoms with van der Waals surface area (Å²) in [5.41, 5.74) is 0.517. The van der Waals surface area contributed by atoms with Gasteiger partial charge in [-0.2, -0.15) is 0 Å². The van der Waals surface area contributed by atoms with Gasteiger partial charge in [0.1, 0.15) is 5.75 Å². The minimum absolute atomic E-state index is 0.00993. The quantitative estimate of drug-likeness (QED) is 0.474. The smallest absolute Gasteiger partial charge is 0.293 e. The predicted octanol–water partition coefficient (Wildman–Crippen LogP) is 5.61. The molecule has 0 radical (unpaired) electrons. The van der Waals surface area contributed by atoms with Crippen molar-refractivity contribution in [1.82, 2.24) is 4.90 Å². The van der Waals surface area contributed by atoms with E-state index in [4.69, 9.17) is 4.74 Å². The molecule has 2 aromatic carbocycles. The third-order valence-electron chi connectivity index (χ3n) is 4.38. The predicted molar refractivity (Wildman–Crippen MR) is 123 cm³/mol. The van der Waals surface area contributed by atoms with Crippen LogP contribution in [0, 0.1) is 0 Å². The summed E-state index contributed by atoms with van der Waals surface area (Å²) in [6.07, 6.45) is 1.69. The van der Waals surface area contributed by atoms with E-state index in [0.29, 0.717) is 22.1 Å². The number of anilines is 1. The molecule has 31 heavy (non-hydrogen) atoms. The molecule has 3 amide bonds. The Hall–Kier alpha value is -3.36. The van der Waals surface area contributed by atoms with E-state index in [1.54, 1.807) is 24.3 Å². The molecule has 1 fully saturated rings. The minimum Gasteiger partial charge on any atom is -0.455 e. The topological polar surface area (TPSA) is 75.7 Å². The first-order chi connectivity index (χ1) is 15.1. The molecular weight excluding hydrogens is 432 g/mol. The van der Waals surface area contributed by atoms with Crippen LogP contribution in [0.1, 0.15) is 11.3 Å². The molecule has 0 bridgehead atoms. The second kappa shape index (κ2) is 9.63. The first kappa shape index (κ1) is 20.9. The molecule has 4 rings (SSSR count). The number of ether oxygens (including phenoxy) is 1. The zero-order valence-corrected chi connectivity index (χ0v) is 17.9. The molecule has 0 atom stereocenters. The van der Waals surface area contributed by atoms with Crippen molar-refractivity contribution in [2.45, 2.75) is 6.42 Å². The van der Waals surface area contributed by atoms with Crippen molar-refractivity contribution < 1.29 is 19.1 Å². The molecule has 1 aliphatic heterocycles. The monoisotopic (exact) mass is 450 g/mol. The van der Waals surface area contributed by atoms with Crippen molar-refractivity contribution in [2.75, 3.05) is 11.9 Å². The second-order valence-electron chi connectivity index (χ2n) is 6.56. The second-order valence-corrected chi connectivity index (χ2v) is 8.53. The van der Waals surface area contributed by atoms with Crippen molar-refractivity contribution >= 4 is 51.9 Å². The molecule has 0 aliphatic carbocycles. The number of thiophene rings is 1. The van der Waals surface area contributed by atoms with Crippen LogP contribution in [0.4, 0.5) is 10.5 Å². The van der Waals surface area contributed by atoms with Crippen LogP contribution < -0.4 is 10.1 Å². The molecular formula is C23H18N2O4S2. The minimum atomic E-state index is -0.371. The fourth-order valence-electron chi connectivity index (χ4n) is 2.90. The number of hydrogen-bond donors (Lipinski definition) is 1. The number of amides is 3. The van der Waals surface area contributed by atoms with Crippen LogP contribution in [0.25, 0.3) is 6.08 Å². The van der Waals surface area contributed by atoms with Crippen molar-refractivity contribution in [2.24, 2.45) is 0 Å². The fraction of sp³-hybridized carbons (Fsp3) is 0.0870. The average Bonchev–Trinajstić information content (AvgIpc) is 3.37. The summed E-state index contributed by atoms with van der Waals surface area (Å²) in [5.74, 6) is 0.473.